The van der Waals surface area contributed by atoms with Crippen LogP contribution < -0.4 is 4.74 Å². The average molecular weight is 394 g/mol. The lowest BCUT2D eigenvalue weighted by Crippen LogP contribution is -2.15. The molecule has 0 amide bonds. The van der Waals surface area contributed by atoms with Crippen LogP contribution in [0.4, 0.5) is 0 Å². The largest absolute Gasteiger partial charge is 0.496 e. The number of benzene rings is 2. The van der Waals surface area contributed by atoms with Gasteiger partial charge in [-0.3, -0.25) is 9.36 Å². The molecule has 28 heavy (non-hydrogen) atoms. The van der Waals surface area contributed by atoms with Gasteiger partial charge in [-0.2, -0.15) is 0 Å². The third-order valence-electron chi connectivity index (χ3n) is 4.36. The monoisotopic (exact) mass is 393 g/mol. The quantitative estimate of drug-likeness (QED) is 0.312. The zero-order chi connectivity index (χ0) is 20.1. The van der Waals surface area contributed by atoms with Gasteiger partial charge in [-0.05, 0) is 26.0 Å². The minimum Gasteiger partial charge on any atom is -0.496 e. The fourth-order valence-corrected chi connectivity index (χ4v) is 3.80. The molecule has 0 radical (unpaired) electrons. The summed E-state index contributed by atoms with van der Waals surface area (Å²) in [6.45, 7) is 8.27. The highest BCUT2D eigenvalue weighted by atomic mass is 32.2. The Bertz CT molecular complexity index is 980. The van der Waals surface area contributed by atoms with Gasteiger partial charge in [-0.15, -0.1) is 16.8 Å². The highest BCUT2D eigenvalue weighted by molar-refractivity contribution is 8.00. The molecule has 0 aliphatic carbocycles. The molecule has 6 heteroatoms. The highest BCUT2D eigenvalue weighted by Crippen LogP contribution is 2.32. The van der Waals surface area contributed by atoms with E-state index < -0.39 is 0 Å². The Kier molecular flexibility index (Phi) is 6.31. The summed E-state index contributed by atoms with van der Waals surface area (Å²) in [5.41, 5.74) is 2.68. The summed E-state index contributed by atoms with van der Waals surface area (Å²) in [6, 6.07) is 15.3. The topological polar surface area (TPSA) is 57.0 Å². The number of carbonyl (C=O) groups excluding carboxylic acids is 1. The first-order chi connectivity index (χ1) is 13.5. The number of allylic oxidation sites excluding steroid dienone is 1. The van der Waals surface area contributed by atoms with Crippen LogP contribution in [0.1, 0.15) is 22.8 Å². The van der Waals surface area contributed by atoms with Crippen molar-refractivity contribution in [2.24, 2.45) is 0 Å². The Balaban J connectivity index is 1.90. The van der Waals surface area contributed by atoms with Crippen LogP contribution in [0.25, 0.3) is 11.4 Å². The molecule has 0 spiro atoms. The summed E-state index contributed by atoms with van der Waals surface area (Å²) in [4.78, 5) is 12.8. The Morgan fingerprint density at radius 1 is 1.21 bits per heavy atom. The Labute approximate surface area is 169 Å². The number of carbonyl (C=O) groups is 1. The second kappa shape index (κ2) is 8.89. The summed E-state index contributed by atoms with van der Waals surface area (Å²) in [6.07, 6.45) is 1.79. The lowest BCUT2D eigenvalue weighted by molar-refractivity contribution is 0.0994. The Morgan fingerprint density at radius 2 is 1.93 bits per heavy atom. The van der Waals surface area contributed by atoms with E-state index in [0.717, 1.165) is 16.9 Å². The SMILES string of the molecule is C=CCn1c(S[C@H](C)C(=O)c2ccc(C)cc2)nnc1-c1ccccc1OC. The number of hydrogen-bond donors (Lipinski definition) is 0. The van der Waals surface area contributed by atoms with Crippen molar-refractivity contribution < 1.29 is 9.53 Å². The fourth-order valence-electron chi connectivity index (χ4n) is 2.86. The van der Waals surface area contributed by atoms with Crippen LogP contribution in [0.15, 0.2) is 66.3 Å². The van der Waals surface area contributed by atoms with E-state index in [2.05, 4.69) is 16.8 Å². The Morgan fingerprint density at radius 3 is 2.61 bits per heavy atom. The number of aryl methyl sites for hydroxylation is 1. The van der Waals surface area contributed by atoms with Crippen molar-refractivity contribution in [3.05, 3.63) is 72.3 Å². The molecule has 1 atom stereocenters. The zero-order valence-corrected chi connectivity index (χ0v) is 17.1. The van der Waals surface area contributed by atoms with E-state index in [1.165, 1.54) is 11.8 Å². The van der Waals surface area contributed by atoms with Crippen LogP contribution in [0.2, 0.25) is 0 Å². The molecule has 0 saturated heterocycles. The standard InChI is InChI=1S/C22H23N3O2S/c1-5-14-25-21(18-8-6-7-9-19(18)27-4)23-24-22(25)28-16(3)20(26)17-12-10-15(2)11-13-17/h5-13,16H,1,14H2,2-4H3/t16-/m1/s1. The number of ether oxygens (including phenoxy) is 1. The van der Waals surface area contributed by atoms with Gasteiger partial charge in [0, 0.05) is 12.1 Å². The number of para-hydroxylation sites is 1. The predicted molar refractivity (Wildman–Crippen MR) is 113 cm³/mol. The van der Waals surface area contributed by atoms with E-state index in [1.807, 2.05) is 66.9 Å². The smallest absolute Gasteiger partial charge is 0.192 e. The minimum absolute atomic E-state index is 0.0667. The number of ketones is 1. The normalized spacial score (nSPS) is 11.8. The third-order valence-corrected chi connectivity index (χ3v) is 5.44. The van der Waals surface area contributed by atoms with Crippen LogP contribution in [-0.4, -0.2) is 32.9 Å². The van der Waals surface area contributed by atoms with E-state index in [1.54, 1.807) is 13.2 Å². The van der Waals surface area contributed by atoms with E-state index in [0.29, 0.717) is 23.1 Å². The number of methoxy groups -OCH3 is 1. The molecule has 0 bridgehead atoms. The second-order valence-electron chi connectivity index (χ2n) is 6.40. The lowest BCUT2D eigenvalue weighted by Gasteiger charge is -2.13. The van der Waals surface area contributed by atoms with E-state index >= 15 is 0 Å². The molecular formula is C22H23N3O2S. The molecule has 1 heterocycles. The molecule has 3 rings (SSSR count). The van der Waals surface area contributed by atoms with Crippen molar-refractivity contribution in [2.75, 3.05) is 7.11 Å². The Hall–Kier alpha value is -2.86. The summed E-state index contributed by atoms with van der Waals surface area (Å²) >= 11 is 1.40. The van der Waals surface area contributed by atoms with Gasteiger partial charge in [0.05, 0.1) is 17.9 Å². The van der Waals surface area contributed by atoms with Crippen LogP contribution in [0, 0.1) is 6.92 Å². The molecule has 0 fully saturated rings. The first-order valence-corrected chi connectivity index (χ1v) is 9.88. The first kappa shape index (κ1) is 19.9. The minimum atomic E-state index is -0.291. The van der Waals surface area contributed by atoms with Crippen molar-refractivity contribution in [3.63, 3.8) is 0 Å². The van der Waals surface area contributed by atoms with E-state index in [4.69, 9.17) is 4.74 Å². The molecule has 0 aliphatic heterocycles. The molecule has 3 aromatic rings. The molecule has 1 aromatic heterocycles. The van der Waals surface area contributed by atoms with Crippen LogP contribution in [-0.2, 0) is 6.54 Å². The van der Waals surface area contributed by atoms with Crippen molar-refractivity contribution in [1.82, 2.24) is 14.8 Å². The molecule has 0 N–H and O–H groups in total. The molecular weight excluding hydrogens is 370 g/mol. The number of Topliss-reactive ketones (excluding diaryl/α,β-unsaturated/α-hetero) is 1. The second-order valence-corrected chi connectivity index (χ2v) is 7.70. The van der Waals surface area contributed by atoms with Gasteiger partial charge in [-0.25, -0.2) is 0 Å². The van der Waals surface area contributed by atoms with Crippen LogP contribution in [0.3, 0.4) is 0 Å². The molecule has 144 valence electrons. The molecule has 0 aliphatic rings. The number of aromatic nitrogens is 3. The highest BCUT2D eigenvalue weighted by Gasteiger charge is 2.22. The summed E-state index contributed by atoms with van der Waals surface area (Å²) in [5.74, 6) is 1.48. The molecule has 0 unspecified atom stereocenters. The van der Waals surface area contributed by atoms with Gasteiger partial charge in [0.15, 0.2) is 16.8 Å². The van der Waals surface area contributed by atoms with E-state index in [9.17, 15) is 4.79 Å². The average Bonchev–Trinajstić information content (AvgIpc) is 3.10. The summed E-state index contributed by atoms with van der Waals surface area (Å²) in [5, 5.41) is 9.08. The molecule has 2 aromatic carbocycles. The van der Waals surface area contributed by atoms with Crippen molar-refractivity contribution in [3.8, 4) is 17.1 Å². The van der Waals surface area contributed by atoms with Crippen LogP contribution >= 0.6 is 11.8 Å². The number of thioether (sulfide) groups is 1. The van der Waals surface area contributed by atoms with Crippen LogP contribution in [0.5, 0.6) is 5.75 Å². The van der Waals surface area contributed by atoms with E-state index in [-0.39, 0.29) is 11.0 Å². The van der Waals surface area contributed by atoms with Gasteiger partial charge in [0.1, 0.15) is 5.75 Å². The maximum Gasteiger partial charge on any atom is 0.192 e. The number of nitrogens with zero attached hydrogens (tertiary/aromatic N) is 3. The predicted octanol–water partition coefficient (Wildman–Crippen LogP) is 4.81. The van der Waals surface area contributed by atoms with Gasteiger partial charge in [-0.1, -0.05) is 59.8 Å². The van der Waals surface area contributed by atoms with Crippen molar-refractivity contribution in [1.29, 1.82) is 0 Å². The summed E-state index contributed by atoms with van der Waals surface area (Å²) < 4.78 is 7.41. The van der Waals surface area contributed by atoms with Gasteiger partial charge < -0.3 is 4.74 Å². The van der Waals surface area contributed by atoms with Gasteiger partial charge in [0.2, 0.25) is 0 Å². The fraction of sp³-hybridized carbons (Fsp3) is 0.227. The number of rotatable bonds is 8. The maximum atomic E-state index is 12.8. The van der Waals surface area contributed by atoms with Gasteiger partial charge in [0.25, 0.3) is 0 Å². The van der Waals surface area contributed by atoms with Crippen molar-refractivity contribution >= 4 is 17.5 Å². The molecule has 0 saturated carbocycles. The number of hydrogen-bond acceptors (Lipinski definition) is 5. The molecule has 5 nitrogen and oxygen atoms in total. The maximum absolute atomic E-state index is 12.8. The third kappa shape index (κ3) is 4.17. The summed E-state index contributed by atoms with van der Waals surface area (Å²) in [7, 11) is 1.63. The van der Waals surface area contributed by atoms with Gasteiger partial charge >= 0.3 is 0 Å². The first-order valence-electron chi connectivity index (χ1n) is 9.00. The lowest BCUT2D eigenvalue weighted by atomic mass is 10.1. The zero-order valence-electron chi connectivity index (χ0n) is 16.3. The van der Waals surface area contributed by atoms with Crippen molar-refractivity contribution in [2.45, 2.75) is 30.8 Å².